The number of hydrogen-bond acceptors (Lipinski definition) is 2. The molecule has 4 nitrogen and oxygen atoms in total. The first-order chi connectivity index (χ1) is 6.81. The van der Waals surface area contributed by atoms with Crippen LogP contribution in [0, 0.1) is 6.92 Å². The van der Waals surface area contributed by atoms with Crippen molar-refractivity contribution >= 4 is 11.0 Å². The van der Waals surface area contributed by atoms with E-state index in [2.05, 4.69) is 10.2 Å². The summed E-state index contributed by atoms with van der Waals surface area (Å²) in [6.45, 7) is 6.02. The van der Waals surface area contributed by atoms with E-state index in [0.29, 0.717) is 0 Å². The van der Waals surface area contributed by atoms with Gasteiger partial charge in [0.1, 0.15) is 13.3 Å². The highest BCUT2D eigenvalue weighted by Crippen LogP contribution is 2.06. The average Bonchev–Trinajstić information content (AvgIpc) is 2.67. The Morgan fingerprint density at radius 2 is 2.14 bits per heavy atom. The van der Waals surface area contributed by atoms with Gasteiger partial charge >= 0.3 is 5.65 Å². The van der Waals surface area contributed by atoms with E-state index in [1.54, 1.807) is 18.0 Å². The van der Waals surface area contributed by atoms with Crippen LogP contribution in [0.4, 0.5) is 0 Å². The Morgan fingerprint density at radius 3 is 2.79 bits per heavy atom. The van der Waals surface area contributed by atoms with Crippen LogP contribution in [0.15, 0.2) is 18.5 Å². The van der Waals surface area contributed by atoms with Crippen LogP contribution >= 0.6 is 0 Å². The van der Waals surface area contributed by atoms with E-state index in [1.165, 1.54) is 0 Å². The second-order valence-electron chi connectivity index (χ2n) is 2.70. The highest BCUT2D eigenvalue weighted by Gasteiger charge is 2.09. The van der Waals surface area contributed by atoms with Gasteiger partial charge in [-0.1, -0.05) is 18.9 Å². The highest BCUT2D eigenvalue weighted by atomic mass is 16.6. The van der Waals surface area contributed by atoms with Gasteiger partial charge in [0, 0.05) is 0 Å². The lowest BCUT2D eigenvalue weighted by Gasteiger charge is -1.97. The zero-order chi connectivity index (χ0) is 10.6. The van der Waals surface area contributed by atoms with Crippen LogP contribution in [0.1, 0.15) is 19.4 Å². The summed E-state index contributed by atoms with van der Waals surface area (Å²) in [7, 11) is 1.62. The third-order valence-electron chi connectivity index (χ3n) is 1.77. The van der Waals surface area contributed by atoms with Gasteiger partial charge in [-0.05, 0) is 23.3 Å². The summed E-state index contributed by atoms with van der Waals surface area (Å²) in [5, 5.41) is 7.83. The lowest BCUT2D eigenvalue weighted by Crippen LogP contribution is -2.41. The van der Waals surface area contributed by atoms with Crippen molar-refractivity contribution in [3.05, 3.63) is 24.0 Å². The molecule has 2 rings (SSSR count). The van der Waals surface area contributed by atoms with Crippen molar-refractivity contribution in [2.24, 2.45) is 0 Å². The molecule has 0 aliphatic carbocycles. The third-order valence-corrected chi connectivity index (χ3v) is 1.77. The van der Waals surface area contributed by atoms with Gasteiger partial charge in [-0.2, -0.15) is 0 Å². The van der Waals surface area contributed by atoms with E-state index in [0.717, 1.165) is 16.6 Å². The quantitative estimate of drug-likeness (QED) is 0.694. The topological polar surface area (TPSA) is 41.8 Å². The fourth-order valence-electron chi connectivity index (χ4n) is 1.25. The molecule has 0 fully saturated rings. The number of fused-ring (bicyclic) bond motifs is 1. The summed E-state index contributed by atoms with van der Waals surface area (Å²) >= 11 is 0. The highest BCUT2D eigenvalue weighted by molar-refractivity contribution is 5.70. The molecule has 2 aromatic rings. The van der Waals surface area contributed by atoms with E-state index in [-0.39, 0.29) is 0 Å². The van der Waals surface area contributed by atoms with Crippen LogP contribution in [0.3, 0.4) is 0 Å². The molecule has 1 N–H and O–H groups in total. The molecule has 2 heterocycles. The number of aromatic amines is 1. The Morgan fingerprint density at radius 1 is 1.43 bits per heavy atom. The van der Waals surface area contributed by atoms with E-state index in [1.807, 2.05) is 33.0 Å². The van der Waals surface area contributed by atoms with Gasteiger partial charge in [0.15, 0.2) is 0 Å². The summed E-state index contributed by atoms with van der Waals surface area (Å²) in [5.41, 5.74) is 2.02. The molecular formula is C10H16N3O+. The number of H-pyrrole nitrogens is 1. The standard InChI is InChI=1S/C8H9N3O.C2H6/c1-6-3-7-4-9-10-8(7)11(5-6)12-2;1-2/h3-5H,1-2H3;1-2H3/p+1. The molecule has 0 aliphatic heterocycles. The van der Waals surface area contributed by atoms with Gasteiger partial charge in [-0.3, -0.25) is 0 Å². The Labute approximate surface area is 83.5 Å². The minimum atomic E-state index is 0.878. The Hall–Kier alpha value is -1.58. The molecule has 14 heavy (non-hydrogen) atoms. The maximum absolute atomic E-state index is 5.11. The van der Waals surface area contributed by atoms with Crippen LogP contribution in [0.2, 0.25) is 0 Å². The van der Waals surface area contributed by atoms with Gasteiger partial charge in [0.05, 0.1) is 11.6 Å². The number of aromatic nitrogens is 3. The summed E-state index contributed by atoms with van der Waals surface area (Å²) in [4.78, 5) is 5.11. The molecule has 0 unspecified atom stereocenters. The minimum absolute atomic E-state index is 0.878. The Balaban J connectivity index is 0.000000461. The lowest BCUT2D eigenvalue weighted by atomic mass is 10.3. The summed E-state index contributed by atoms with van der Waals surface area (Å²) < 4.78 is 1.66. The van der Waals surface area contributed by atoms with E-state index in [4.69, 9.17) is 4.84 Å². The van der Waals surface area contributed by atoms with Crippen LogP contribution in [-0.2, 0) is 0 Å². The van der Waals surface area contributed by atoms with Gasteiger partial charge < -0.3 is 4.84 Å². The average molecular weight is 194 g/mol. The van der Waals surface area contributed by atoms with Crippen LogP contribution in [0.5, 0.6) is 0 Å². The predicted octanol–water partition coefficient (Wildman–Crippen LogP) is 1.24. The van der Waals surface area contributed by atoms with Crippen LogP contribution in [0.25, 0.3) is 11.0 Å². The van der Waals surface area contributed by atoms with Gasteiger partial charge in [-0.25, -0.2) is 0 Å². The molecule has 0 amide bonds. The molecule has 76 valence electrons. The molecule has 0 aromatic carbocycles. The summed E-state index contributed by atoms with van der Waals surface area (Å²) in [6.07, 6.45) is 3.68. The molecule has 0 radical (unpaired) electrons. The molecule has 0 bridgehead atoms. The third kappa shape index (κ3) is 1.84. The number of hydrogen-bond donors (Lipinski definition) is 1. The first kappa shape index (κ1) is 10.5. The number of nitrogens with zero attached hydrogens (tertiary/aromatic N) is 2. The van der Waals surface area contributed by atoms with Crippen molar-refractivity contribution in [3.8, 4) is 0 Å². The monoisotopic (exact) mass is 194 g/mol. The van der Waals surface area contributed by atoms with E-state index in [9.17, 15) is 0 Å². The first-order valence-electron chi connectivity index (χ1n) is 4.71. The maximum Gasteiger partial charge on any atom is 0.347 e. The number of rotatable bonds is 1. The van der Waals surface area contributed by atoms with Crippen molar-refractivity contribution < 1.29 is 9.57 Å². The summed E-state index contributed by atoms with van der Waals surface area (Å²) in [6, 6.07) is 2.05. The zero-order valence-corrected chi connectivity index (χ0v) is 9.03. The largest absolute Gasteiger partial charge is 0.347 e. The molecule has 0 aliphatic rings. The van der Waals surface area contributed by atoms with Crippen molar-refractivity contribution in [1.29, 1.82) is 0 Å². The SMILES string of the molecule is CC.CO[n+]1cc(C)cc2cn[nH]c21. The van der Waals surface area contributed by atoms with Crippen LogP contribution in [-0.4, -0.2) is 17.3 Å². The molecule has 0 saturated carbocycles. The Kier molecular flexibility index (Phi) is 3.45. The normalized spacial score (nSPS) is 9.43. The molecule has 2 aromatic heterocycles. The summed E-state index contributed by atoms with van der Waals surface area (Å²) in [5.74, 6) is 0. The van der Waals surface area contributed by atoms with Crippen molar-refractivity contribution in [2.45, 2.75) is 20.8 Å². The first-order valence-corrected chi connectivity index (χ1v) is 4.71. The smallest absolute Gasteiger partial charge is 0.339 e. The van der Waals surface area contributed by atoms with Crippen molar-refractivity contribution in [2.75, 3.05) is 7.11 Å². The van der Waals surface area contributed by atoms with Gasteiger partial charge in [-0.15, -0.1) is 5.10 Å². The second-order valence-corrected chi connectivity index (χ2v) is 2.70. The Bertz CT molecular complexity index is 409. The van der Waals surface area contributed by atoms with Crippen molar-refractivity contribution in [3.63, 3.8) is 0 Å². The lowest BCUT2D eigenvalue weighted by molar-refractivity contribution is -0.866. The molecule has 0 spiro atoms. The molecule has 0 atom stereocenters. The molecule has 4 heteroatoms. The fraction of sp³-hybridized carbons (Fsp3) is 0.400. The zero-order valence-electron chi connectivity index (χ0n) is 9.03. The minimum Gasteiger partial charge on any atom is -0.339 e. The number of pyridine rings is 1. The second kappa shape index (κ2) is 4.60. The van der Waals surface area contributed by atoms with Gasteiger partial charge in [0.25, 0.3) is 0 Å². The van der Waals surface area contributed by atoms with E-state index >= 15 is 0 Å². The number of nitrogens with one attached hydrogen (secondary N) is 1. The predicted molar refractivity (Wildman–Crippen MR) is 54.9 cm³/mol. The van der Waals surface area contributed by atoms with Crippen LogP contribution < -0.4 is 9.57 Å². The number of aryl methyl sites for hydroxylation is 1. The van der Waals surface area contributed by atoms with Crippen molar-refractivity contribution in [1.82, 2.24) is 10.2 Å². The maximum atomic E-state index is 5.11. The fourth-order valence-corrected chi connectivity index (χ4v) is 1.25. The molecule has 0 saturated heterocycles. The van der Waals surface area contributed by atoms with E-state index < -0.39 is 0 Å². The van der Waals surface area contributed by atoms with Gasteiger partial charge in [0.2, 0.25) is 0 Å². The molecular weight excluding hydrogens is 178 g/mol.